The largest absolute Gasteiger partial charge is 0.334 e. The van der Waals surface area contributed by atoms with Crippen LogP contribution < -0.4 is 0 Å². The number of carbonyl (C=O) groups is 1. The van der Waals surface area contributed by atoms with E-state index in [0.29, 0.717) is 18.7 Å². The van der Waals surface area contributed by atoms with Gasteiger partial charge in [-0.25, -0.2) is 4.39 Å². The molecule has 0 unspecified atom stereocenters. The molecule has 0 aliphatic carbocycles. The molecule has 1 heterocycles. The summed E-state index contributed by atoms with van der Waals surface area (Å²) in [6, 6.07) is 8.29. The van der Waals surface area contributed by atoms with Crippen LogP contribution in [0.2, 0.25) is 0 Å². The Morgan fingerprint density at radius 1 is 1.37 bits per heavy atom. The van der Waals surface area contributed by atoms with E-state index in [-0.39, 0.29) is 11.7 Å². The van der Waals surface area contributed by atoms with Crippen molar-refractivity contribution in [1.82, 2.24) is 4.90 Å². The number of halogens is 1. The molecule has 100 valence electrons. The highest BCUT2D eigenvalue weighted by molar-refractivity contribution is 7.09. The van der Waals surface area contributed by atoms with E-state index in [2.05, 4.69) is 0 Å². The number of amides is 1. The predicted molar refractivity (Wildman–Crippen MR) is 75.9 cm³/mol. The highest BCUT2D eigenvalue weighted by atomic mass is 32.1. The van der Waals surface area contributed by atoms with E-state index < -0.39 is 0 Å². The maximum Gasteiger partial charge on any atom is 0.254 e. The molecule has 2 rings (SSSR count). The van der Waals surface area contributed by atoms with Gasteiger partial charge in [0.2, 0.25) is 0 Å². The zero-order chi connectivity index (χ0) is 13.8. The van der Waals surface area contributed by atoms with Gasteiger partial charge in [-0.2, -0.15) is 0 Å². The second-order valence-electron chi connectivity index (χ2n) is 4.36. The first kappa shape index (κ1) is 13.7. The molecular formula is C15H16FNOS. The summed E-state index contributed by atoms with van der Waals surface area (Å²) in [7, 11) is 0. The van der Waals surface area contributed by atoms with Crippen molar-refractivity contribution in [2.75, 3.05) is 6.54 Å². The highest BCUT2D eigenvalue weighted by Gasteiger charge is 2.17. The number of rotatable bonds is 4. The van der Waals surface area contributed by atoms with Crippen LogP contribution in [-0.4, -0.2) is 17.4 Å². The van der Waals surface area contributed by atoms with Gasteiger partial charge in [0.15, 0.2) is 0 Å². The first-order chi connectivity index (χ1) is 9.11. The van der Waals surface area contributed by atoms with Crippen molar-refractivity contribution >= 4 is 17.2 Å². The highest BCUT2D eigenvalue weighted by Crippen LogP contribution is 2.17. The lowest BCUT2D eigenvalue weighted by Crippen LogP contribution is -2.30. The molecule has 2 aromatic rings. The molecule has 1 amide bonds. The van der Waals surface area contributed by atoms with Crippen LogP contribution in [0, 0.1) is 12.7 Å². The number of carbonyl (C=O) groups excluding carboxylic acids is 1. The number of benzene rings is 1. The summed E-state index contributed by atoms with van der Waals surface area (Å²) in [4.78, 5) is 15.3. The van der Waals surface area contributed by atoms with E-state index in [1.165, 1.54) is 12.1 Å². The third-order valence-electron chi connectivity index (χ3n) is 3.03. The van der Waals surface area contributed by atoms with Crippen molar-refractivity contribution in [2.45, 2.75) is 20.4 Å². The van der Waals surface area contributed by atoms with Gasteiger partial charge in [0.1, 0.15) is 5.82 Å². The molecule has 1 aromatic heterocycles. The fourth-order valence-corrected chi connectivity index (χ4v) is 2.63. The molecule has 0 spiro atoms. The van der Waals surface area contributed by atoms with Gasteiger partial charge in [0, 0.05) is 17.0 Å². The van der Waals surface area contributed by atoms with Crippen LogP contribution in [0.15, 0.2) is 35.7 Å². The third-order valence-corrected chi connectivity index (χ3v) is 3.89. The molecule has 0 fully saturated rings. The van der Waals surface area contributed by atoms with Crippen LogP contribution in [0.3, 0.4) is 0 Å². The van der Waals surface area contributed by atoms with Gasteiger partial charge in [-0.1, -0.05) is 12.1 Å². The Labute approximate surface area is 116 Å². The lowest BCUT2D eigenvalue weighted by molar-refractivity contribution is 0.0753. The van der Waals surface area contributed by atoms with Crippen molar-refractivity contribution < 1.29 is 9.18 Å². The zero-order valence-corrected chi connectivity index (χ0v) is 11.8. The van der Waals surface area contributed by atoms with E-state index in [0.717, 1.165) is 10.4 Å². The smallest absolute Gasteiger partial charge is 0.254 e. The van der Waals surface area contributed by atoms with Crippen molar-refractivity contribution in [3.8, 4) is 0 Å². The minimum Gasteiger partial charge on any atom is -0.334 e. The lowest BCUT2D eigenvalue weighted by Gasteiger charge is -2.21. The Bertz CT molecular complexity index is 566. The van der Waals surface area contributed by atoms with Crippen LogP contribution >= 0.6 is 11.3 Å². The van der Waals surface area contributed by atoms with Gasteiger partial charge in [0.05, 0.1) is 6.54 Å². The molecule has 0 radical (unpaired) electrons. The van der Waals surface area contributed by atoms with Crippen molar-refractivity contribution in [1.29, 1.82) is 0 Å². The average molecular weight is 277 g/mol. The zero-order valence-electron chi connectivity index (χ0n) is 11.0. The summed E-state index contributed by atoms with van der Waals surface area (Å²) in [5, 5.41) is 1.99. The summed E-state index contributed by atoms with van der Waals surface area (Å²) in [5.41, 5.74) is 1.24. The quantitative estimate of drug-likeness (QED) is 0.831. The maximum atomic E-state index is 13.3. The fraction of sp³-hybridized carbons (Fsp3) is 0.267. The minimum atomic E-state index is -0.374. The summed E-state index contributed by atoms with van der Waals surface area (Å²) in [6.07, 6.45) is 0. The number of aryl methyl sites for hydroxylation is 1. The summed E-state index contributed by atoms with van der Waals surface area (Å²) in [5.74, 6) is -0.492. The first-order valence-corrected chi connectivity index (χ1v) is 7.07. The number of thiophene rings is 1. The topological polar surface area (TPSA) is 20.3 Å². The Balaban J connectivity index is 2.23. The summed E-state index contributed by atoms with van der Waals surface area (Å²) >= 11 is 1.62. The standard InChI is InChI=1S/C15H16FNOS/c1-3-17(10-13-5-4-8-19-13)15(18)14-9-12(16)7-6-11(14)2/h4-9H,3,10H2,1-2H3. The van der Waals surface area contributed by atoms with Crippen LogP contribution in [0.4, 0.5) is 4.39 Å². The molecule has 0 bridgehead atoms. The van der Waals surface area contributed by atoms with Gasteiger partial charge in [-0.05, 0) is 43.0 Å². The number of hydrogen-bond acceptors (Lipinski definition) is 2. The van der Waals surface area contributed by atoms with Gasteiger partial charge in [-0.15, -0.1) is 11.3 Å². The molecule has 0 aliphatic heterocycles. The van der Waals surface area contributed by atoms with Gasteiger partial charge >= 0.3 is 0 Å². The van der Waals surface area contributed by atoms with Gasteiger partial charge < -0.3 is 4.90 Å². The van der Waals surface area contributed by atoms with Crippen molar-refractivity contribution in [3.05, 3.63) is 57.5 Å². The normalized spacial score (nSPS) is 10.5. The van der Waals surface area contributed by atoms with Gasteiger partial charge in [0.25, 0.3) is 5.91 Å². The SMILES string of the molecule is CCN(Cc1cccs1)C(=O)c1cc(F)ccc1C. The van der Waals surface area contributed by atoms with Crippen LogP contribution in [0.5, 0.6) is 0 Å². The van der Waals surface area contributed by atoms with Crippen molar-refractivity contribution in [2.24, 2.45) is 0 Å². The monoisotopic (exact) mass is 277 g/mol. The molecule has 0 atom stereocenters. The van der Waals surface area contributed by atoms with E-state index in [1.807, 2.05) is 31.4 Å². The van der Waals surface area contributed by atoms with Crippen LogP contribution in [-0.2, 0) is 6.54 Å². The Kier molecular flexibility index (Phi) is 4.32. The fourth-order valence-electron chi connectivity index (χ4n) is 1.91. The first-order valence-electron chi connectivity index (χ1n) is 6.19. The second-order valence-corrected chi connectivity index (χ2v) is 5.39. The van der Waals surface area contributed by atoms with Gasteiger partial charge in [-0.3, -0.25) is 4.79 Å². The Morgan fingerprint density at radius 2 is 2.16 bits per heavy atom. The summed E-state index contributed by atoms with van der Waals surface area (Å²) in [6.45, 7) is 4.93. The summed E-state index contributed by atoms with van der Waals surface area (Å²) < 4.78 is 13.3. The second kappa shape index (κ2) is 5.97. The number of hydrogen-bond donors (Lipinski definition) is 0. The minimum absolute atomic E-state index is 0.118. The van der Waals surface area contributed by atoms with E-state index in [4.69, 9.17) is 0 Å². The van der Waals surface area contributed by atoms with Crippen LogP contribution in [0.25, 0.3) is 0 Å². The lowest BCUT2D eigenvalue weighted by atomic mass is 10.1. The van der Waals surface area contributed by atoms with E-state index in [1.54, 1.807) is 22.3 Å². The molecule has 0 saturated carbocycles. The van der Waals surface area contributed by atoms with Crippen LogP contribution in [0.1, 0.15) is 27.7 Å². The molecule has 19 heavy (non-hydrogen) atoms. The van der Waals surface area contributed by atoms with E-state index in [9.17, 15) is 9.18 Å². The molecule has 0 N–H and O–H groups in total. The average Bonchev–Trinajstić information content (AvgIpc) is 2.91. The van der Waals surface area contributed by atoms with Crippen molar-refractivity contribution in [3.63, 3.8) is 0 Å². The maximum absolute atomic E-state index is 13.3. The molecule has 0 saturated heterocycles. The molecule has 2 nitrogen and oxygen atoms in total. The predicted octanol–water partition coefficient (Wildman–Crippen LogP) is 3.86. The number of nitrogens with zero attached hydrogens (tertiary/aromatic N) is 1. The Hall–Kier alpha value is -1.68. The van der Waals surface area contributed by atoms with E-state index >= 15 is 0 Å². The molecule has 0 aliphatic rings. The third kappa shape index (κ3) is 3.20. The molecule has 4 heteroatoms. The molecular weight excluding hydrogens is 261 g/mol. The Morgan fingerprint density at radius 3 is 2.79 bits per heavy atom. The molecule has 1 aromatic carbocycles.